The lowest BCUT2D eigenvalue weighted by atomic mass is 9.79. The molecule has 1 N–H and O–H groups in total. The highest BCUT2D eigenvalue weighted by Crippen LogP contribution is 2.47. The van der Waals surface area contributed by atoms with Crippen LogP contribution < -0.4 is 9.64 Å². The number of hydrogen-bond acceptors (Lipinski definition) is 5. The molecule has 2 unspecified atom stereocenters. The van der Waals surface area contributed by atoms with Gasteiger partial charge in [0.2, 0.25) is 12.2 Å². The Labute approximate surface area is 164 Å². The molecule has 0 fully saturated rings. The zero-order valence-electron chi connectivity index (χ0n) is 16.6. The van der Waals surface area contributed by atoms with E-state index in [0.29, 0.717) is 28.7 Å². The van der Waals surface area contributed by atoms with Crippen molar-refractivity contribution in [2.45, 2.75) is 44.9 Å². The van der Waals surface area contributed by atoms with Gasteiger partial charge in [0.05, 0.1) is 5.57 Å². The lowest BCUT2D eigenvalue weighted by molar-refractivity contribution is 0.0305. The summed E-state index contributed by atoms with van der Waals surface area (Å²) in [6.07, 6.45) is 1.90. The van der Waals surface area contributed by atoms with Crippen LogP contribution in [0.15, 0.2) is 40.8 Å². The largest absolute Gasteiger partial charge is 0.460 e. The van der Waals surface area contributed by atoms with Gasteiger partial charge in [-0.2, -0.15) is 0 Å². The van der Waals surface area contributed by atoms with Crippen LogP contribution in [0.1, 0.15) is 50.1 Å². The summed E-state index contributed by atoms with van der Waals surface area (Å²) in [5.41, 5.74) is 5.48. The van der Waals surface area contributed by atoms with Crippen molar-refractivity contribution in [1.29, 1.82) is 0 Å². The number of aliphatic hydroxyl groups is 1. The molecule has 3 aromatic rings. The molecule has 0 amide bonds. The van der Waals surface area contributed by atoms with Crippen LogP contribution in [0.25, 0.3) is 22.7 Å². The average molecular weight is 376 g/mol. The van der Waals surface area contributed by atoms with Gasteiger partial charge < -0.3 is 19.2 Å². The van der Waals surface area contributed by atoms with Crippen LogP contribution in [0.4, 0.5) is 5.69 Å². The molecule has 5 nitrogen and oxygen atoms in total. The fraction of sp³-hybridized carbons (Fsp3) is 0.348. The molecule has 5 rings (SSSR count). The van der Waals surface area contributed by atoms with E-state index in [1.54, 1.807) is 0 Å². The van der Waals surface area contributed by atoms with E-state index in [2.05, 4.69) is 43.8 Å². The summed E-state index contributed by atoms with van der Waals surface area (Å²) in [5, 5.41) is 10.6. The number of fused-ring (bicyclic) bond motifs is 3. The number of hydrogen-bond donors (Lipinski definition) is 1. The summed E-state index contributed by atoms with van der Waals surface area (Å²) in [6, 6.07) is 11.8. The predicted octanol–water partition coefficient (Wildman–Crippen LogP) is 4.80. The van der Waals surface area contributed by atoms with Crippen molar-refractivity contribution in [2.24, 2.45) is 0 Å². The summed E-state index contributed by atoms with van der Waals surface area (Å²) in [6.45, 7) is 6.78. The van der Waals surface area contributed by atoms with E-state index >= 15 is 0 Å². The number of rotatable bonds is 1. The second-order valence-electron chi connectivity index (χ2n) is 8.48. The Morgan fingerprint density at radius 3 is 2.79 bits per heavy atom. The highest BCUT2D eigenvalue weighted by molar-refractivity contribution is 5.87. The van der Waals surface area contributed by atoms with Crippen LogP contribution in [0, 0.1) is 0 Å². The smallest absolute Gasteiger partial charge is 0.229 e. The van der Waals surface area contributed by atoms with Gasteiger partial charge in [-0.3, -0.25) is 0 Å². The SMILES string of the molecule is CC1CC(C)(C)N(C)c2cc3c(cc21)C=C(c1nc2ccccc2o1)C(O)O3. The van der Waals surface area contributed by atoms with E-state index in [-0.39, 0.29) is 5.54 Å². The molecule has 2 aliphatic heterocycles. The number of benzene rings is 2. The van der Waals surface area contributed by atoms with Crippen molar-refractivity contribution < 1.29 is 14.3 Å². The third-order valence-electron chi connectivity index (χ3n) is 6.12. The molecule has 28 heavy (non-hydrogen) atoms. The number of aliphatic hydroxyl groups excluding tert-OH is 1. The van der Waals surface area contributed by atoms with Crippen molar-refractivity contribution in [3.63, 3.8) is 0 Å². The minimum atomic E-state index is -1.11. The third-order valence-corrected chi connectivity index (χ3v) is 6.12. The Morgan fingerprint density at radius 1 is 1.21 bits per heavy atom. The number of oxazole rings is 1. The Morgan fingerprint density at radius 2 is 2.00 bits per heavy atom. The van der Waals surface area contributed by atoms with Crippen LogP contribution in [0.2, 0.25) is 0 Å². The second-order valence-corrected chi connectivity index (χ2v) is 8.48. The predicted molar refractivity (Wildman–Crippen MR) is 110 cm³/mol. The van der Waals surface area contributed by atoms with Crippen molar-refractivity contribution >= 4 is 28.4 Å². The van der Waals surface area contributed by atoms with Crippen LogP contribution in [-0.4, -0.2) is 29.0 Å². The molecule has 2 atom stereocenters. The Balaban J connectivity index is 1.62. The van der Waals surface area contributed by atoms with Gasteiger partial charge in [-0.15, -0.1) is 0 Å². The minimum absolute atomic E-state index is 0.0765. The van der Waals surface area contributed by atoms with Gasteiger partial charge in [0, 0.05) is 29.9 Å². The maximum atomic E-state index is 10.6. The molecule has 0 saturated carbocycles. The zero-order chi connectivity index (χ0) is 19.6. The van der Waals surface area contributed by atoms with Gasteiger partial charge >= 0.3 is 0 Å². The van der Waals surface area contributed by atoms with Gasteiger partial charge in [0.25, 0.3) is 0 Å². The topological polar surface area (TPSA) is 58.7 Å². The van der Waals surface area contributed by atoms with Crippen LogP contribution in [-0.2, 0) is 0 Å². The molecular formula is C23H24N2O3. The van der Waals surface area contributed by atoms with E-state index in [0.717, 1.165) is 23.2 Å². The second kappa shape index (κ2) is 5.85. The number of aromatic nitrogens is 1. The fourth-order valence-corrected chi connectivity index (χ4v) is 4.41. The Bertz CT molecular complexity index is 1080. The number of nitrogens with zero attached hydrogens (tertiary/aromatic N) is 2. The number of para-hydroxylation sites is 2. The molecule has 0 bridgehead atoms. The zero-order valence-corrected chi connectivity index (χ0v) is 16.6. The standard InChI is InChI=1S/C23H24N2O3/c1-13-12-23(2,3)25(4)18-11-20-14(9-15(13)18)10-16(22(26)28-20)21-24-17-7-5-6-8-19(17)27-21/h5-11,13,22,26H,12H2,1-4H3. The first kappa shape index (κ1) is 17.3. The van der Waals surface area contributed by atoms with Gasteiger partial charge in [-0.1, -0.05) is 19.1 Å². The van der Waals surface area contributed by atoms with Gasteiger partial charge in [-0.05, 0) is 56.0 Å². The molecule has 5 heteroatoms. The van der Waals surface area contributed by atoms with Crippen molar-refractivity contribution in [2.75, 3.05) is 11.9 Å². The van der Waals surface area contributed by atoms with Crippen LogP contribution >= 0.6 is 0 Å². The highest BCUT2D eigenvalue weighted by atomic mass is 16.6. The fourth-order valence-electron chi connectivity index (χ4n) is 4.41. The Hall–Kier alpha value is -2.79. The Kier molecular flexibility index (Phi) is 3.62. The molecule has 2 aliphatic rings. The summed E-state index contributed by atoms with van der Waals surface area (Å²) in [5.74, 6) is 1.52. The maximum absolute atomic E-state index is 10.6. The number of anilines is 1. The molecule has 0 saturated heterocycles. The molecular weight excluding hydrogens is 352 g/mol. The number of ether oxygens (including phenoxy) is 1. The molecule has 2 aromatic carbocycles. The van der Waals surface area contributed by atoms with E-state index in [9.17, 15) is 5.11 Å². The summed E-state index contributed by atoms with van der Waals surface area (Å²) < 4.78 is 11.7. The monoisotopic (exact) mass is 376 g/mol. The van der Waals surface area contributed by atoms with E-state index in [1.807, 2.05) is 36.4 Å². The molecule has 144 valence electrons. The van der Waals surface area contributed by atoms with Gasteiger partial charge in [0.15, 0.2) is 5.58 Å². The first-order valence-corrected chi connectivity index (χ1v) is 9.67. The van der Waals surface area contributed by atoms with Gasteiger partial charge in [-0.25, -0.2) is 4.98 Å². The third kappa shape index (κ3) is 2.53. The normalized spacial score (nSPS) is 23.0. The molecule has 0 radical (unpaired) electrons. The highest BCUT2D eigenvalue weighted by Gasteiger charge is 2.36. The summed E-state index contributed by atoms with van der Waals surface area (Å²) in [7, 11) is 2.12. The van der Waals surface area contributed by atoms with Crippen LogP contribution in [0.5, 0.6) is 5.75 Å². The average Bonchev–Trinajstić information content (AvgIpc) is 3.08. The molecule has 1 aromatic heterocycles. The quantitative estimate of drug-likeness (QED) is 0.661. The lowest BCUT2D eigenvalue weighted by Crippen LogP contribution is -2.45. The molecule has 3 heterocycles. The summed E-state index contributed by atoms with van der Waals surface area (Å²) >= 11 is 0. The van der Waals surface area contributed by atoms with E-state index in [1.165, 1.54) is 5.56 Å². The van der Waals surface area contributed by atoms with E-state index < -0.39 is 6.29 Å². The first-order chi connectivity index (χ1) is 13.3. The van der Waals surface area contributed by atoms with Crippen LogP contribution in [0.3, 0.4) is 0 Å². The van der Waals surface area contributed by atoms with Crippen molar-refractivity contribution in [3.05, 3.63) is 53.4 Å². The lowest BCUT2D eigenvalue weighted by Gasteiger charge is -2.45. The van der Waals surface area contributed by atoms with Crippen molar-refractivity contribution in [3.8, 4) is 5.75 Å². The summed E-state index contributed by atoms with van der Waals surface area (Å²) in [4.78, 5) is 6.81. The first-order valence-electron chi connectivity index (χ1n) is 9.67. The maximum Gasteiger partial charge on any atom is 0.229 e. The van der Waals surface area contributed by atoms with Crippen molar-refractivity contribution in [1.82, 2.24) is 4.98 Å². The minimum Gasteiger partial charge on any atom is -0.460 e. The molecule has 0 aliphatic carbocycles. The van der Waals surface area contributed by atoms with Gasteiger partial charge in [0.1, 0.15) is 11.3 Å². The van der Waals surface area contributed by atoms with E-state index in [4.69, 9.17) is 9.15 Å². The molecule has 0 spiro atoms.